The van der Waals surface area contributed by atoms with Crippen LogP contribution in [0.15, 0.2) is 48.5 Å². The average Bonchev–Trinajstić information content (AvgIpc) is 2.63. The molecule has 0 aliphatic carbocycles. The van der Waals surface area contributed by atoms with E-state index in [1.807, 2.05) is 37.3 Å². The summed E-state index contributed by atoms with van der Waals surface area (Å²) < 4.78 is 5.75. The summed E-state index contributed by atoms with van der Waals surface area (Å²) in [6, 6.07) is 18.4. The Hall–Kier alpha value is -2.51. The summed E-state index contributed by atoms with van der Waals surface area (Å²) in [7, 11) is 0. The van der Waals surface area contributed by atoms with Crippen LogP contribution in [0, 0.1) is 11.3 Å². The van der Waals surface area contributed by atoms with Gasteiger partial charge in [0.1, 0.15) is 5.75 Å². The molecule has 0 amide bonds. The van der Waals surface area contributed by atoms with Crippen molar-refractivity contribution in [3.05, 3.63) is 59.7 Å². The maximum Gasteiger partial charge on any atom is 0.142 e. The van der Waals surface area contributed by atoms with Crippen LogP contribution in [0.4, 0.5) is 5.69 Å². The number of benzene rings is 2. The van der Waals surface area contributed by atoms with Crippen LogP contribution in [0.3, 0.4) is 0 Å². The van der Waals surface area contributed by atoms with Crippen molar-refractivity contribution in [2.75, 3.05) is 37.7 Å². The second-order valence-corrected chi connectivity index (χ2v) is 5.98. The molecule has 0 saturated carbocycles. The first-order valence-corrected chi connectivity index (χ1v) is 8.48. The molecule has 4 nitrogen and oxygen atoms in total. The SMILES string of the molecule is CCOc1ccccc1N1CCN(Cc2cccc(C#N)c2)CC1. The maximum atomic E-state index is 9.02. The molecule has 0 unspecified atom stereocenters. The molecule has 1 saturated heterocycles. The van der Waals surface area contributed by atoms with E-state index in [0.29, 0.717) is 6.61 Å². The quantitative estimate of drug-likeness (QED) is 0.847. The molecule has 1 fully saturated rings. The lowest BCUT2D eigenvalue weighted by molar-refractivity contribution is 0.248. The van der Waals surface area contributed by atoms with Crippen molar-refractivity contribution < 1.29 is 4.74 Å². The zero-order chi connectivity index (χ0) is 16.8. The lowest BCUT2D eigenvalue weighted by Crippen LogP contribution is -2.46. The van der Waals surface area contributed by atoms with Gasteiger partial charge in [0.2, 0.25) is 0 Å². The van der Waals surface area contributed by atoms with Crippen molar-refractivity contribution in [2.45, 2.75) is 13.5 Å². The number of nitrogens with zero attached hydrogens (tertiary/aromatic N) is 3. The molecule has 24 heavy (non-hydrogen) atoms. The third kappa shape index (κ3) is 3.87. The molecule has 0 aromatic heterocycles. The summed E-state index contributed by atoms with van der Waals surface area (Å²) in [6.07, 6.45) is 0. The molecule has 3 rings (SSSR count). The number of nitriles is 1. The number of hydrogen-bond acceptors (Lipinski definition) is 4. The molecule has 0 N–H and O–H groups in total. The second kappa shape index (κ2) is 7.85. The van der Waals surface area contributed by atoms with Crippen LogP contribution in [0.2, 0.25) is 0 Å². The molecule has 1 aliphatic rings. The molecule has 1 heterocycles. The van der Waals surface area contributed by atoms with E-state index in [0.717, 1.165) is 44.0 Å². The summed E-state index contributed by atoms with van der Waals surface area (Å²) in [5.74, 6) is 0.968. The Kier molecular flexibility index (Phi) is 5.35. The zero-order valence-corrected chi connectivity index (χ0v) is 14.1. The smallest absolute Gasteiger partial charge is 0.142 e. The minimum atomic E-state index is 0.687. The Balaban J connectivity index is 1.61. The third-order valence-corrected chi connectivity index (χ3v) is 4.34. The van der Waals surface area contributed by atoms with Gasteiger partial charge in [-0.15, -0.1) is 0 Å². The van der Waals surface area contributed by atoms with Crippen LogP contribution in [-0.2, 0) is 6.54 Å². The van der Waals surface area contributed by atoms with Crippen molar-refractivity contribution in [2.24, 2.45) is 0 Å². The predicted octanol–water partition coefficient (Wildman–Crippen LogP) is 3.28. The topological polar surface area (TPSA) is 39.5 Å². The number of ether oxygens (including phenoxy) is 1. The van der Waals surface area contributed by atoms with E-state index >= 15 is 0 Å². The molecule has 0 bridgehead atoms. The van der Waals surface area contributed by atoms with E-state index in [1.54, 1.807) is 0 Å². The molecule has 4 heteroatoms. The van der Waals surface area contributed by atoms with Gasteiger partial charge in [-0.25, -0.2) is 0 Å². The van der Waals surface area contributed by atoms with E-state index < -0.39 is 0 Å². The Morgan fingerprint density at radius 2 is 1.83 bits per heavy atom. The maximum absolute atomic E-state index is 9.02. The van der Waals surface area contributed by atoms with Crippen LogP contribution in [0.25, 0.3) is 0 Å². The first kappa shape index (κ1) is 16.4. The van der Waals surface area contributed by atoms with Gasteiger partial charge in [-0.3, -0.25) is 4.90 Å². The molecule has 2 aromatic rings. The first-order chi connectivity index (χ1) is 11.8. The Morgan fingerprint density at radius 1 is 1.04 bits per heavy atom. The van der Waals surface area contributed by atoms with E-state index in [-0.39, 0.29) is 0 Å². The fourth-order valence-electron chi connectivity index (χ4n) is 3.14. The summed E-state index contributed by atoms with van der Waals surface area (Å²) in [6.45, 7) is 7.60. The minimum absolute atomic E-state index is 0.687. The van der Waals surface area contributed by atoms with Gasteiger partial charge in [0, 0.05) is 32.7 Å². The van der Waals surface area contributed by atoms with Gasteiger partial charge < -0.3 is 9.64 Å². The molecule has 2 aromatic carbocycles. The monoisotopic (exact) mass is 321 g/mol. The number of hydrogen-bond donors (Lipinski definition) is 0. The van der Waals surface area contributed by atoms with Gasteiger partial charge in [-0.05, 0) is 36.8 Å². The number of para-hydroxylation sites is 2. The molecular formula is C20H23N3O. The molecule has 0 spiro atoms. The van der Waals surface area contributed by atoms with E-state index in [1.165, 1.54) is 11.3 Å². The predicted molar refractivity (Wildman–Crippen MR) is 96.3 cm³/mol. The number of anilines is 1. The van der Waals surface area contributed by atoms with Crippen molar-refractivity contribution in [1.82, 2.24) is 4.90 Å². The molecule has 1 aliphatic heterocycles. The van der Waals surface area contributed by atoms with Crippen LogP contribution in [0.1, 0.15) is 18.1 Å². The zero-order valence-electron chi connectivity index (χ0n) is 14.1. The standard InChI is InChI=1S/C20H23N3O/c1-2-24-20-9-4-3-8-19(20)23-12-10-22(11-13-23)16-18-7-5-6-17(14-18)15-21/h3-9,14H,2,10-13,16H2,1H3. The fourth-order valence-corrected chi connectivity index (χ4v) is 3.14. The second-order valence-electron chi connectivity index (χ2n) is 5.98. The van der Waals surface area contributed by atoms with Gasteiger partial charge in [-0.2, -0.15) is 5.26 Å². The average molecular weight is 321 g/mol. The largest absolute Gasteiger partial charge is 0.492 e. The highest BCUT2D eigenvalue weighted by Gasteiger charge is 2.19. The highest BCUT2D eigenvalue weighted by molar-refractivity contribution is 5.58. The highest BCUT2D eigenvalue weighted by Crippen LogP contribution is 2.29. The van der Waals surface area contributed by atoms with Crippen molar-refractivity contribution in [1.29, 1.82) is 5.26 Å². The van der Waals surface area contributed by atoms with Crippen molar-refractivity contribution >= 4 is 5.69 Å². The van der Waals surface area contributed by atoms with Gasteiger partial charge in [0.15, 0.2) is 0 Å². The van der Waals surface area contributed by atoms with Crippen LogP contribution in [0.5, 0.6) is 5.75 Å². The Morgan fingerprint density at radius 3 is 2.58 bits per heavy atom. The molecule has 0 atom stereocenters. The van der Waals surface area contributed by atoms with Crippen molar-refractivity contribution in [3.63, 3.8) is 0 Å². The van der Waals surface area contributed by atoms with Crippen LogP contribution >= 0.6 is 0 Å². The summed E-state index contributed by atoms with van der Waals surface area (Å²) in [4.78, 5) is 4.84. The normalized spacial score (nSPS) is 15.1. The summed E-state index contributed by atoms with van der Waals surface area (Å²) in [5, 5.41) is 9.02. The van der Waals surface area contributed by atoms with Gasteiger partial charge in [0.05, 0.1) is 23.9 Å². The van der Waals surface area contributed by atoms with Crippen LogP contribution < -0.4 is 9.64 Å². The van der Waals surface area contributed by atoms with Crippen molar-refractivity contribution in [3.8, 4) is 11.8 Å². The Bertz CT molecular complexity index is 715. The van der Waals surface area contributed by atoms with Gasteiger partial charge in [-0.1, -0.05) is 24.3 Å². The van der Waals surface area contributed by atoms with E-state index in [4.69, 9.17) is 10.00 Å². The van der Waals surface area contributed by atoms with E-state index in [9.17, 15) is 0 Å². The van der Waals surface area contributed by atoms with Crippen LogP contribution in [-0.4, -0.2) is 37.7 Å². The molecule has 0 radical (unpaired) electrons. The van der Waals surface area contributed by atoms with Gasteiger partial charge >= 0.3 is 0 Å². The van der Waals surface area contributed by atoms with Gasteiger partial charge in [0.25, 0.3) is 0 Å². The van der Waals surface area contributed by atoms with E-state index in [2.05, 4.69) is 34.1 Å². The lowest BCUT2D eigenvalue weighted by atomic mass is 10.1. The fraction of sp³-hybridized carbons (Fsp3) is 0.350. The minimum Gasteiger partial charge on any atom is -0.492 e. The first-order valence-electron chi connectivity index (χ1n) is 8.48. The molecule has 124 valence electrons. The summed E-state index contributed by atoms with van der Waals surface area (Å²) >= 11 is 0. The summed E-state index contributed by atoms with van der Waals surface area (Å²) in [5.41, 5.74) is 3.12. The lowest BCUT2D eigenvalue weighted by Gasteiger charge is -2.36. The highest BCUT2D eigenvalue weighted by atomic mass is 16.5. The number of rotatable bonds is 5. The molecular weight excluding hydrogens is 298 g/mol. The Labute approximate surface area is 143 Å². The third-order valence-electron chi connectivity index (χ3n) is 4.34. The number of piperazine rings is 1.